The topological polar surface area (TPSA) is 76.4 Å². The number of benzene rings is 2. The lowest BCUT2D eigenvalue weighted by Gasteiger charge is -2.10. The van der Waals surface area contributed by atoms with Gasteiger partial charge in [-0.3, -0.25) is 5.32 Å². The largest absolute Gasteiger partial charge is 0.508 e. The van der Waals surface area contributed by atoms with Crippen molar-refractivity contribution >= 4 is 23.1 Å². The number of carbonyl (C=O) groups excluding carboxylic acids is 1. The van der Waals surface area contributed by atoms with Crippen LogP contribution in [0.2, 0.25) is 0 Å². The van der Waals surface area contributed by atoms with E-state index in [0.29, 0.717) is 12.5 Å². The number of rotatable bonds is 3. The van der Waals surface area contributed by atoms with Crippen molar-refractivity contribution < 1.29 is 14.6 Å². The Kier molecular flexibility index (Phi) is 3.65. The zero-order valence-corrected chi connectivity index (χ0v) is 12.0. The molecule has 0 spiro atoms. The molecule has 0 aliphatic rings. The summed E-state index contributed by atoms with van der Waals surface area (Å²) in [4.78, 5) is 15.9. The van der Waals surface area contributed by atoms with E-state index in [2.05, 4.69) is 15.0 Å². The van der Waals surface area contributed by atoms with E-state index < -0.39 is 6.09 Å². The lowest BCUT2D eigenvalue weighted by atomic mass is 10.2. The molecule has 0 aliphatic heterocycles. The maximum Gasteiger partial charge on any atom is 0.413 e. The molecule has 3 aromatic rings. The molecule has 0 bridgehead atoms. The first-order valence-corrected chi connectivity index (χ1v) is 6.75. The predicted molar refractivity (Wildman–Crippen MR) is 83.0 cm³/mol. The number of ether oxygens (including phenoxy) is 1. The molecule has 22 heavy (non-hydrogen) atoms. The van der Waals surface area contributed by atoms with Crippen LogP contribution in [-0.4, -0.2) is 27.9 Å². The van der Waals surface area contributed by atoms with Crippen molar-refractivity contribution in [2.75, 3.05) is 12.4 Å². The highest BCUT2D eigenvalue weighted by atomic mass is 16.5. The van der Waals surface area contributed by atoms with E-state index in [1.165, 1.54) is 7.11 Å². The van der Waals surface area contributed by atoms with Gasteiger partial charge in [0, 0.05) is 0 Å². The standard InChI is InChI=1S/C16H15N3O3/c1-22-16(21)18-15-17-13-7-2-3-8-14(13)19(15)10-11-5-4-6-12(20)9-11/h2-9,20H,10H2,1H3,(H,17,18,21). The van der Waals surface area contributed by atoms with E-state index in [1.807, 2.05) is 34.9 Å². The molecule has 112 valence electrons. The number of phenolic OH excluding ortho intramolecular Hbond substituents is 1. The average Bonchev–Trinajstić information content (AvgIpc) is 2.85. The lowest BCUT2D eigenvalue weighted by molar-refractivity contribution is 0.186. The highest BCUT2D eigenvalue weighted by Gasteiger charge is 2.13. The van der Waals surface area contributed by atoms with Crippen molar-refractivity contribution in [1.29, 1.82) is 0 Å². The number of hydrogen-bond donors (Lipinski definition) is 2. The molecule has 0 saturated carbocycles. The summed E-state index contributed by atoms with van der Waals surface area (Å²) in [5, 5.41) is 12.2. The molecule has 0 atom stereocenters. The third-order valence-electron chi connectivity index (χ3n) is 3.31. The van der Waals surface area contributed by atoms with E-state index in [0.717, 1.165) is 16.6 Å². The van der Waals surface area contributed by atoms with E-state index in [-0.39, 0.29) is 5.75 Å². The fourth-order valence-corrected chi connectivity index (χ4v) is 2.31. The average molecular weight is 297 g/mol. The van der Waals surface area contributed by atoms with Crippen molar-refractivity contribution in [2.24, 2.45) is 0 Å². The van der Waals surface area contributed by atoms with Crippen molar-refractivity contribution in [3.8, 4) is 5.75 Å². The first kappa shape index (κ1) is 13.9. The monoisotopic (exact) mass is 297 g/mol. The van der Waals surface area contributed by atoms with Gasteiger partial charge in [0.25, 0.3) is 0 Å². The van der Waals surface area contributed by atoms with Crippen molar-refractivity contribution in [3.05, 3.63) is 54.1 Å². The van der Waals surface area contributed by atoms with Crippen LogP contribution in [-0.2, 0) is 11.3 Å². The Bertz CT molecular complexity index is 826. The number of anilines is 1. The van der Waals surface area contributed by atoms with Crippen LogP contribution >= 0.6 is 0 Å². The minimum Gasteiger partial charge on any atom is -0.508 e. The molecule has 6 heteroatoms. The van der Waals surface area contributed by atoms with Gasteiger partial charge in [0.1, 0.15) is 5.75 Å². The third-order valence-corrected chi connectivity index (χ3v) is 3.31. The molecule has 2 aromatic carbocycles. The molecule has 1 heterocycles. The van der Waals surface area contributed by atoms with E-state index in [9.17, 15) is 9.90 Å². The number of carbonyl (C=O) groups is 1. The number of aromatic nitrogens is 2. The van der Waals surface area contributed by atoms with Gasteiger partial charge in [-0.1, -0.05) is 24.3 Å². The third kappa shape index (κ3) is 2.71. The van der Waals surface area contributed by atoms with Crippen LogP contribution in [0.3, 0.4) is 0 Å². The Labute approximate surface area is 127 Å². The maximum atomic E-state index is 11.5. The van der Waals surface area contributed by atoms with Crippen molar-refractivity contribution in [2.45, 2.75) is 6.54 Å². The molecular weight excluding hydrogens is 282 g/mol. The van der Waals surface area contributed by atoms with Crippen LogP contribution in [0.25, 0.3) is 11.0 Å². The van der Waals surface area contributed by atoms with E-state index in [1.54, 1.807) is 18.2 Å². The molecule has 1 aromatic heterocycles. The molecule has 2 N–H and O–H groups in total. The van der Waals surface area contributed by atoms with Gasteiger partial charge >= 0.3 is 6.09 Å². The summed E-state index contributed by atoms with van der Waals surface area (Å²) in [5.41, 5.74) is 2.56. The van der Waals surface area contributed by atoms with Gasteiger partial charge in [-0.05, 0) is 29.8 Å². The van der Waals surface area contributed by atoms with Gasteiger partial charge in [-0.15, -0.1) is 0 Å². The molecule has 0 aliphatic carbocycles. The van der Waals surface area contributed by atoms with Gasteiger partial charge in [0.15, 0.2) is 0 Å². The second-order valence-electron chi connectivity index (χ2n) is 4.80. The van der Waals surface area contributed by atoms with Crippen molar-refractivity contribution in [1.82, 2.24) is 9.55 Å². The summed E-state index contributed by atoms with van der Waals surface area (Å²) < 4.78 is 6.49. The highest BCUT2D eigenvalue weighted by molar-refractivity contribution is 5.87. The van der Waals surface area contributed by atoms with Gasteiger partial charge < -0.3 is 14.4 Å². The van der Waals surface area contributed by atoms with Gasteiger partial charge in [-0.2, -0.15) is 0 Å². The number of hydrogen-bond acceptors (Lipinski definition) is 4. The maximum absolute atomic E-state index is 11.5. The van der Waals surface area contributed by atoms with Gasteiger partial charge in [-0.25, -0.2) is 9.78 Å². The molecule has 6 nitrogen and oxygen atoms in total. The Morgan fingerprint density at radius 3 is 2.86 bits per heavy atom. The Balaban J connectivity index is 2.05. The Morgan fingerprint density at radius 2 is 2.09 bits per heavy atom. The fraction of sp³-hybridized carbons (Fsp3) is 0.125. The second kappa shape index (κ2) is 5.77. The summed E-state index contributed by atoms with van der Waals surface area (Å²) in [6.07, 6.45) is -0.576. The van der Waals surface area contributed by atoms with Crippen LogP contribution in [0.5, 0.6) is 5.75 Å². The molecule has 0 fully saturated rings. The zero-order chi connectivity index (χ0) is 15.5. The van der Waals surface area contributed by atoms with Gasteiger partial charge in [0.05, 0.1) is 24.7 Å². The van der Waals surface area contributed by atoms with Gasteiger partial charge in [0.2, 0.25) is 5.95 Å². The molecule has 0 unspecified atom stereocenters. The van der Waals surface area contributed by atoms with E-state index in [4.69, 9.17) is 0 Å². The number of para-hydroxylation sites is 2. The summed E-state index contributed by atoms with van der Waals surface area (Å²) in [5.74, 6) is 0.598. The summed E-state index contributed by atoms with van der Waals surface area (Å²) in [6.45, 7) is 0.467. The van der Waals surface area contributed by atoms with E-state index >= 15 is 0 Å². The summed E-state index contributed by atoms with van der Waals surface area (Å²) in [6, 6.07) is 14.6. The number of methoxy groups -OCH3 is 1. The quantitative estimate of drug-likeness (QED) is 0.779. The minimum absolute atomic E-state index is 0.199. The number of imidazole rings is 1. The molecular formula is C16H15N3O3. The second-order valence-corrected chi connectivity index (χ2v) is 4.80. The predicted octanol–water partition coefficient (Wildman–Crippen LogP) is 2.97. The zero-order valence-electron chi connectivity index (χ0n) is 12.0. The number of nitrogens with one attached hydrogen (secondary N) is 1. The van der Waals surface area contributed by atoms with Crippen LogP contribution in [0.4, 0.5) is 10.7 Å². The first-order chi connectivity index (χ1) is 10.7. The summed E-state index contributed by atoms with van der Waals surface area (Å²) >= 11 is 0. The lowest BCUT2D eigenvalue weighted by Crippen LogP contribution is -2.15. The van der Waals surface area contributed by atoms with Crippen LogP contribution < -0.4 is 5.32 Å². The number of phenols is 1. The number of aromatic hydroxyl groups is 1. The Morgan fingerprint density at radius 1 is 1.27 bits per heavy atom. The number of nitrogens with zero attached hydrogens (tertiary/aromatic N) is 2. The highest BCUT2D eigenvalue weighted by Crippen LogP contribution is 2.22. The normalized spacial score (nSPS) is 10.6. The Hall–Kier alpha value is -3.02. The van der Waals surface area contributed by atoms with Crippen LogP contribution in [0.15, 0.2) is 48.5 Å². The van der Waals surface area contributed by atoms with Crippen molar-refractivity contribution in [3.63, 3.8) is 0 Å². The molecule has 1 amide bonds. The molecule has 0 radical (unpaired) electrons. The van der Waals surface area contributed by atoms with Crippen LogP contribution in [0, 0.1) is 0 Å². The minimum atomic E-state index is -0.576. The first-order valence-electron chi connectivity index (χ1n) is 6.75. The number of amides is 1. The number of fused-ring (bicyclic) bond motifs is 1. The fourth-order valence-electron chi connectivity index (χ4n) is 2.31. The smallest absolute Gasteiger partial charge is 0.413 e. The molecule has 3 rings (SSSR count). The summed E-state index contributed by atoms with van der Waals surface area (Å²) in [7, 11) is 1.30. The van der Waals surface area contributed by atoms with Crippen LogP contribution in [0.1, 0.15) is 5.56 Å². The SMILES string of the molecule is COC(=O)Nc1nc2ccccc2n1Cc1cccc(O)c1. The molecule has 0 saturated heterocycles.